The van der Waals surface area contributed by atoms with Crippen LogP contribution in [0.4, 0.5) is 5.69 Å². The molecule has 1 aromatic rings. The molecule has 0 saturated heterocycles. The number of aryl methyl sites for hydroxylation is 1. The zero-order valence-electron chi connectivity index (χ0n) is 12.4. The maximum Gasteiger partial charge on any atom is 0.236 e. The van der Waals surface area contributed by atoms with Crippen molar-refractivity contribution in [2.75, 3.05) is 25.0 Å². The lowest BCUT2D eigenvalue weighted by molar-refractivity contribution is -0.116. The van der Waals surface area contributed by atoms with Gasteiger partial charge in [0.05, 0.1) is 6.54 Å². The lowest BCUT2D eigenvalue weighted by Gasteiger charge is -2.26. The van der Waals surface area contributed by atoms with E-state index in [0.717, 1.165) is 18.8 Å². The normalized spacial score (nSPS) is 10.8. The van der Waals surface area contributed by atoms with Crippen LogP contribution in [0, 0.1) is 12.8 Å². The van der Waals surface area contributed by atoms with E-state index in [1.807, 2.05) is 11.9 Å². The predicted molar refractivity (Wildman–Crippen MR) is 80.2 cm³/mol. The average molecular weight is 263 g/mol. The zero-order valence-corrected chi connectivity index (χ0v) is 12.4. The van der Waals surface area contributed by atoms with Crippen molar-refractivity contribution in [1.82, 2.24) is 5.32 Å². The molecule has 19 heavy (non-hydrogen) atoms. The summed E-state index contributed by atoms with van der Waals surface area (Å²) >= 11 is 0. The summed E-state index contributed by atoms with van der Waals surface area (Å²) in [7, 11) is 1.94. The molecule has 0 bridgehead atoms. The summed E-state index contributed by atoms with van der Waals surface area (Å²) in [6.45, 7) is 8.31. The Hall–Kier alpha value is -1.55. The van der Waals surface area contributed by atoms with Gasteiger partial charge in [0.25, 0.3) is 0 Å². The van der Waals surface area contributed by atoms with Crippen molar-refractivity contribution in [3.05, 3.63) is 29.3 Å². The fourth-order valence-electron chi connectivity index (χ4n) is 2.16. The molecule has 3 N–H and O–H groups in total. The zero-order chi connectivity index (χ0) is 14.4. The number of amides is 1. The van der Waals surface area contributed by atoms with E-state index in [9.17, 15) is 4.79 Å². The molecule has 0 fully saturated rings. The third-order valence-corrected chi connectivity index (χ3v) is 2.99. The van der Waals surface area contributed by atoms with E-state index in [1.165, 1.54) is 11.1 Å². The van der Waals surface area contributed by atoms with Gasteiger partial charge in [0.2, 0.25) is 5.91 Å². The summed E-state index contributed by atoms with van der Waals surface area (Å²) in [5.74, 6) is 0.189. The second-order valence-corrected chi connectivity index (χ2v) is 5.38. The molecule has 106 valence electrons. The van der Waals surface area contributed by atoms with E-state index >= 15 is 0 Å². The van der Waals surface area contributed by atoms with Crippen molar-refractivity contribution in [1.29, 1.82) is 0 Å². The lowest BCUT2D eigenvalue weighted by Crippen LogP contribution is -2.36. The molecular formula is C15H25N3O. The molecule has 0 radical (unpaired) electrons. The number of rotatable bonds is 7. The Morgan fingerprint density at radius 3 is 2.58 bits per heavy atom. The standard InChI is InChI=1S/C15H25N3O/c1-11(2)9-18(10-15(16)19)14-6-5-13(8-17-4)12(3)7-14/h5-7,11,17H,8-10H2,1-4H3,(H2,16,19). The summed E-state index contributed by atoms with van der Waals surface area (Å²) in [5.41, 5.74) is 8.89. The third kappa shape index (κ3) is 4.91. The Kier molecular flexibility index (Phi) is 5.83. The fraction of sp³-hybridized carbons (Fsp3) is 0.533. The molecule has 0 spiro atoms. The first kappa shape index (κ1) is 15.5. The molecule has 0 heterocycles. The topological polar surface area (TPSA) is 58.4 Å². The Labute approximate surface area is 116 Å². The van der Waals surface area contributed by atoms with E-state index in [0.29, 0.717) is 5.92 Å². The highest BCUT2D eigenvalue weighted by atomic mass is 16.1. The fourth-order valence-corrected chi connectivity index (χ4v) is 2.16. The Morgan fingerprint density at radius 1 is 1.42 bits per heavy atom. The summed E-state index contributed by atoms with van der Waals surface area (Å²) in [6.07, 6.45) is 0. The van der Waals surface area contributed by atoms with E-state index in [2.05, 4.69) is 44.3 Å². The quantitative estimate of drug-likeness (QED) is 0.786. The van der Waals surface area contributed by atoms with E-state index in [-0.39, 0.29) is 12.5 Å². The second kappa shape index (κ2) is 7.14. The highest BCUT2D eigenvalue weighted by Crippen LogP contribution is 2.20. The predicted octanol–water partition coefficient (Wildman–Crippen LogP) is 1.66. The van der Waals surface area contributed by atoms with Crippen LogP contribution in [-0.2, 0) is 11.3 Å². The monoisotopic (exact) mass is 263 g/mol. The summed E-state index contributed by atoms with van der Waals surface area (Å²) in [4.78, 5) is 13.2. The minimum atomic E-state index is -0.294. The molecule has 0 aromatic heterocycles. The largest absolute Gasteiger partial charge is 0.368 e. The van der Waals surface area contributed by atoms with Gasteiger partial charge in [-0.15, -0.1) is 0 Å². The first-order valence-corrected chi connectivity index (χ1v) is 6.71. The van der Waals surface area contributed by atoms with Gasteiger partial charge in [-0.2, -0.15) is 0 Å². The van der Waals surface area contributed by atoms with Crippen LogP contribution in [0.25, 0.3) is 0 Å². The first-order valence-electron chi connectivity index (χ1n) is 6.71. The molecule has 0 aliphatic carbocycles. The molecule has 0 atom stereocenters. The number of carbonyl (C=O) groups is 1. The van der Waals surface area contributed by atoms with Crippen molar-refractivity contribution in [2.45, 2.75) is 27.3 Å². The minimum absolute atomic E-state index is 0.267. The number of benzene rings is 1. The number of anilines is 1. The highest BCUT2D eigenvalue weighted by Gasteiger charge is 2.12. The molecular weight excluding hydrogens is 238 g/mol. The van der Waals surface area contributed by atoms with Crippen LogP contribution in [0.1, 0.15) is 25.0 Å². The van der Waals surface area contributed by atoms with Crippen LogP contribution in [0.15, 0.2) is 18.2 Å². The van der Waals surface area contributed by atoms with Crippen LogP contribution in [0.5, 0.6) is 0 Å². The van der Waals surface area contributed by atoms with Gasteiger partial charge in [0.15, 0.2) is 0 Å². The van der Waals surface area contributed by atoms with Crippen LogP contribution in [-0.4, -0.2) is 26.0 Å². The van der Waals surface area contributed by atoms with Gasteiger partial charge >= 0.3 is 0 Å². The van der Waals surface area contributed by atoms with Gasteiger partial charge in [-0.05, 0) is 43.1 Å². The number of nitrogens with zero attached hydrogens (tertiary/aromatic N) is 1. The molecule has 0 aliphatic heterocycles. The molecule has 0 aliphatic rings. The van der Waals surface area contributed by atoms with Crippen LogP contribution >= 0.6 is 0 Å². The van der Waals surface area contributed by atoms with Crippen LogP contribution in [0.3, 0.4) is 0 Å². The third-order valence-electron chi connectivity index (χ3n) is 2.99. The van der Waals surface area contributed by atoms with Gasteiger partial charge in [-0.25, -0.2) is 0 Å². The van der Waals surface area contributed by atoms with E-state index in [1.54, 1.807) is 0 Å². The van der Waals surface area contributed by atoms with Crippen molar-refractivity contribution >= 4 is 11.6 Å². The molecule has 0 unspecified atom stereocenters. The number of primary amides is 1. The maximum absolute atomic E-state index is 11.2. The van der Waals surface area contributed by atoms with Gasteiger partial charge in [0, 0.05) is 18.8 Å². The van der Waals surface area contributed by atoms with Gasteiger partial charge in [-0.1, -0.05) is 19.9 Å². The number of carbonyl (C=O) groups excluding carboxylic acids is 1. The molecule has 4 nitrogen and oxygen atoms in total. The van der Waals surface area contributed by atoms with Crippen LogP contribution in [0.2, 0.25) is 0 Å². The summed E-state index contributed by atoms with van der Waals surface area (Å²) < 4.78 is 0. The minimum Gasteiger partial charge on any atom is -0.368 e. The molecule has 1 rings (SSSR count). The van der Waals surface area contributed by atoms with E-state index in [4.69, 9.17) is 5.73 Å². The first-order chi connectivity index (χ1) is 8.93. The summed E-state index contributed by atoms with van der Waals surface area (Å²) in [5, 5.41) is 3.15. The second-order valence-electron chi connectivity index (χ2n) is 5.38. The molecule has 1 amide bonds. The van der Waals surface area contributed by atoms with Gasteiger partial charge < -0.3 is 16.0 Å². The van der Waals surface area contributed by atoms with Crippen LogP contribution < -0.4 is 16.0 Å². The smallest absolute Gasteiger partial charge is 0.236 e. The maximum atomic E-state index is 11.2. The summed E-state index contributed by atoms with van der Waals surface area (Å²) in [6, 6.07) is 6.29. The molecule has 1 aromatic carbocycles. The number of nitrogens with one attached hydrogen (secondary N) is 1. The van der Waals surface area contributed by atoms with E-state index < -0.39 is 0 Å². The van der Waals surface area contributed by atoms with Crippen molar-refractivity contribution in [3.8, 4) is 0 Å². The lowest BCUT2D eigenvalue weighted by atomic mass is 10.1. The SMILES string of the molecule is CNCc1ccc(N(CC(N)=O)CC(C)C)cc1C. The number of hydrogen-bond donors (Lipinski definition) is 2. The van der Waals surface area contributed by atoms with Gasteiger partial charge in [-0.3, -0.25) is 4.79 Å². The highest BCUT2D eigenvalue weighted by molar-refractivity contribution is 5.79. The van der Waals surface area contributed by atoms with Crippen molar-refractivity contribution < 1.29 is 4.79 Å². The Bertz CT molecular complexity index is 429. The number of nitrogens with two attached hydrogens (primary N) is 1. The number of hydrogen-bond acceptors (Lipinski definition) is 3. The van der Waals surface area contributed by atoms with Gasteiger partial charge in [0.1, 0.15) is 0 Å². The average Bonchev–Trinajstić information content (AvgIpc) is 2.30. The Balaban J connectivity index is 2.95. The molecule has 0 saturated carbocycles. The Morgan fingerprint density at radius 2 is 2.11 bits per heavy atom. The van der Waals surface area contributed by atoms with Crippen molar-refractivity contribution in [2.24, 2.45) is 11.7 Å². The molecule has 4 heteroatoms. The van der Waals surface area contributed by atoms with Crippen molar-refractivity contribution in [3.63, 3.8) is 0 Å².